The van der Waals surface area contributed by atoms with Gasteiger partial charge < -0.3 is 25.8 Å². The average molecular weight is 387 g/mol. The predicted molar refractivity (Wildman–Crippen MR) is 115 cm³/mol. The van der Waals surface area contributed by atoms with Crippen molar-refractivity contribution in [3.63, 3.8) is 0 Å². The Morgan fingerprint density at radius 1 is 1.00 bits per heavy atom. The maximum atomic E-state index is 12.1. The fourth-order valence-corrected chi connectivity index (χ4v) is 2.91. The lowest BCUT2D eigenvalue weighted by atomic mass is 10.1. The van der Waals surface area contributed by atoms with Crippen molar-refractivity contribution in [3.8, 4) is 11.5 Å². The summed E-state index contributed by atoms with van der Waals surface area (Å²) in [7, 11) is 0. The van der Waals surface area contributed by atoms with E-state index in [2.05, 4.69) is 10.6 Å². The topological polar surface area (TPSA) is 85.6 Å². The van der Waals surface area contributed by atoms with Crippen molar-refractivity contribution >= 4 is 29.0 Å². The minimum atomic E-state index is -0.226. The summed E-state index contributed by atoms with van der Waals surface area (Å²) >= 11 is 0. The monoisotopic (exact) mass is 387 g/mol. The number of hydrogen-bond acceptors (Lipinski definition) is 5. The summed E-state index contributed by atoms with van der Waals surface area (Å²) in [6.07, 6.45) is 3.26. The Labute approximate surface area is 169 Å². The Bertz CT molecular complexity index is 1050. The van der Waals surface area contributed by atoms with Gasteiger partial charge in [0, 0.05) is 24.4 Å². The summed E-state index contributed by atoms with van der Waals surface area (Å²) in [6.45, 7) is 0.946. The fraction of sp³-hybridized carbons (Fsp3) is 0.0870. The van der Waals surface area contributed by atoms with Gasteiger partial charge >= 0.3 is 0 Å². The zero-order chi connectivity index (χ0) is 20.1. The van der Waals surface area contributed by atoms with Gasteiger partial charge in [-0.05, 0) is 41.5 Å². The van der Waals surface area contributed by atoms with E-state index in [-0.39, 0.29) is 12.7 Å². The van der Waals surface area contributed by atoms with Crippen LogP contribution in [-0.4, -0.2) is 12.7 Å². The molecule has 3 aromatic rings. The van der Waals surface area contributed by atoms with E-state index in [0.717, 1.165) is 28.3 Å². The molecule has 0 saturated carbocycles. The molecule has 1 amide bonds. The molecule has 0 fully saturated rings. The van der Waals surface area contributed by atoms with Gasteiger partial charge in [0.05, 0.1) is 11.4 Å². The highest BCUT2D eigenvalue weighted by Gasteiger charge is 2.12. The molecule has 0 aliphatic carbocycles. The fourth-order valence-electron chi connectivity index (χ4n) is 2.91. The van der Waals surface area contributed by atoms with Crippen LogP contribution in [0, 0.1) is 0 Å². The van der Waals surface area contributed by atoms with Crippen molar-refractivity contribution in [3.05, 3.63) is 83.9 Å². The number of benzene rings is 3. The first-order valence-corrected chi connectivity index (χ1v) is 9.23. The third kappa shape index (κ3) is 4.68. The first-order chi connectivity index (χ1) is 14.2. The normalized spacial score (nSPS) is 12.1. The van der Waals surface area contributed by atoms with E-state index in [1.165, 1.54) is 6.08 Å². The number of fused-ring (bicyclic) bond motifs is 1. The molecule has 1 aliphatic heterocycles. The van der Waals surface area contributed by atoms with E-state index in [4.69, 9.17) is 15.2 Å². The van der Waals surface area contributed by atoms with Crippen molar-refractivity contribution in [2.75, 3.05) is 23.2 Å². The van der Waals surface area contributed by atoms with Gasteiger partial charge in [-0.15, -0.1) is 0 Å². The second-order valence-corrected chi connectivity index (χ2v) is 6.57. The number of nitrogens with two attached hydrogens (primary N) is 1. The molecule has 0 radical (unpaired) electrons. The molecule has 0 unspecified atom stereocenters. The smallest absolute Gasteiger partial charge is 0.248 e. The largest absolute Gasteiger partial charge is 0.454 e. The van der Waals surface area contributed by atoms with Crippen LogP contribution in [-0.2, 0) is 11.3 Å². The summed E-state index contributed by atoms with van der Waals surface area (Å²) in [6, 6.07) is 20.9. The number of hydrogen-bond donors (Lipinski definition) is 3. The Kier molecular flexibility index (Phi) is 5.33. The number of carbonyl (C=O) groups excluding carboxylic acids is 1. The molecule has 0 saturated heterocycles. The second kappa shape index (κ2) is 8.39. The highest BCUT2D eigenvalue weighted by Crippen LogP contribution is 2.34. The van der Waals surface area contributed by atoms with Crippen molar-refractivity contribution in [1.82, 2.24) is 0 Å². The molecule has 6 nitrogen and oxygen atoms in total. The van der Waals surface area contributed by atoms with Gasteiger partial charge in [-0.3, -0.25) is 4.79 Å². The Morgan fingerprint density at radius 3 is 2.62 bits per heavy atom. The number of anilines is 3. The Hall–Kier alpha value is -3.93. The van der Waals surface area contributed by atoms with Crippen LogP contribution in [0.25, 0.3) is 6.08 Å². The highest BCUT2D eigenvalue weighted by molar-refractivity contribution is 6.03. The zero-order valence-corrected chi connectivity index (χ0v) is 15.7. The minimum absolute atomic E-state index is 0.226. The van der Waals surface area contributed by atoms with Gasteiger partial charge in [-0.25, -0.2) is 0 Å². The van der Waals surface area contributed by atoms with Crippen LogP contribution in [0.1, 0.15) is 11.1 Å². The van der Waals surface area contributed by atoms with Crippen LogP contribution in [0.15, 0.2) is 72.8 Å². The molecular formula is C23H21N3O3. The Balaban J connectivity index is 1.31. The van der Waals surface area contributed by atoms with E-state index in [1.807, 2.05) is 54.6 Å². The first-order valence-electron chi connectivity index (χ1n) is 9.23. The van der Waals surface area contributed by atoms with Crippen LogP contribution >= 0.6 is 0 Å². The van der Waals surface area contributed by atoms with Crippen molar-refractivity contribution in [2.45, 2.75) is 6.54 Å². The van der Waals surface area contributed by atoms with Crippen LogP contribution in [0.4, 0.5) is 17.1 Å². The van der Waals surface area contributed by atoms with Crippen LogP contribution in [0.2, 0.25) is 0 Å². The summed E-state index contributed by atoms with van der Waals surface area (Å²) in [4.78, 5) is 12.1. The van der Waals surface area contributed by atoms with E-state index < -0.39 is 0 Å². The summed E-state index contributed by atoms with van der Waals surface area (Å²) in [5.41, 5.74) is 10.0. The third-order valence-electron chi connectivity index (χ3n) is 4.49. The second-order valence-electron chi connectivity index (χ2n) is 6.57. The lowest BCUT2D eigenvalue weighted by Gasteiger charge is -2.08. The first kappa shape index (κ1) is 18.4. The molecule has 6 heteroatoms. The lowest BCUT2D eigenvalue weighted by Crippen LogP contribution is -2.09. The van der Waals surface area contributed by atoms with E-state index in [0.29, 0.717) is 17.9 Å². The maximum Gasteiger partial charge on any atom is 0.248 e. The molecule has 146 valence electrons. The maximum absolute atomic E-state index is 12.1. The molecule has 29 heavy (non-hydrogen) atoms. The van der Waals surface area contributed by atoms with Crippen LogP contribution in [0.3, 0.4) is 0 Å². The Morgan fingerprint density at radius 2 is 1.79 bits per heavy atom. The number of rotatable bonds is 6. The number of carbonyl (C=O) groups is 1. The number of nitrogen functional groups attached to an aromatic ring is 1. The van der Waals surface area contributed by atoms with Crippen molar-refractivity contribution in [2.24, 2.45) is 0 Å². The van der Waals surface area contributed by atoms with Gasteiger partial charge in [0.1, 0.15) is 0 Å². The summed E-state index contributed by atoms with van der Waals surface area (Å²) in [5, 5.41) is 6.13. The van der Waals surface area contributed by atoms with Crippen LogP contribution in [0.5, 0.6) is 11.5 Å². The van der Waals surface area contributed by atoms with E-state index in [9.17, 15) is 4.79 Å². The van der Waals surface area contributed by atoms with Gasteiger partial charge in [0.25, 0.3) is 0 Å². The molecular weight excluding hydrogens is 366 g/mol. The molecule has 4 N–H and O–H groups in total. The molecule has 0 spiro atoms. The molecule has 3 aromatic carbocycles. The molecule has 0 bridgehead atoms. The summed E-state index contributed by atoms with van der Waals surface area (Å²) < 4.78 is 10.7. The van der Waals surface area contributed by atoms with E-state index in [1.54, 1.807) is 18.2 Å². The number of nitrogens with one attached hydrogen (secondary N) is 2. The van der Waals surface area contributed by atoms with Gasteiger partial charge in [0.2, 0.25) is 12.7 Å². The highest BCUT2D eigenvalue weighted by atomic mass is 16.7. The minimum Gasteiger partial charge on any atom is -0.454 e. The quantitative estimate of drug-likeness (QED) is 0.435. The lowest BCUT2D eigenvalue weighted by molar-refractivity contribution is -0.111. The number of ether oxygens (including phenoxy) is 2. The molecule has 1 heterocycles. The SMILES string of the molecule is Nc1ccccc1NC(=O)C=Cc1ccc(CNc2ccc3c(c2)OCO3)cc1. The third-order valence-corrected chi connectivity index (χ3v) is 4.49. The molecule has 4 rings (SSSR count). The summed E-state index contributed by atoms with van der Waals surface area (Å²) in [5.74, 6) is 1.30. The van der Waals surface area contributed by atoms with E-state index >= 15 is 0 Å². The predicted octanol–water partition coefficient (Wildman–Crippen LogP) is 4.26. The molecule has 0 aromatic heterocycles. The van der Waals surface area contributed by atoms with Gasteiger partial charge in [-0.1, -0.05) is 36.4 Å². The molecule has 0 atom stereocenters. The standard InChI is InChI=1S/C23H21N3O3/c24-19-3-1-2-4-20(19)26-23(27)12-9-16-5-7-17(8-6-16)14-25-18-10-11-21-22(13-18)29-15-28-21/h1-13,25H,14-15,24H2,(H,26,27). The van der Waals surface area contributed by atoms with Gasteiger partial charge in [-0.2, -0.15) is 0 Å². The van der Waals surface area contributed by atoms with Crippen LogP contribution < -0.4 is 25.8 Å². The van der Waals surface area contributed by atoms with Gasteiger partial charge in [0.15, 0.2) is 11.5 Å². The average Bonchev–Trinajstić information content (AvgIpc) is 3.21. The number of amides is 1. The zero-order valence-electron chi connectivity index (χ0n) is 15.7. The van der Waals surface area contributed by atoms with Crippen molar-refractivity contribution in [1.29, 1.82) is 0 Å². The molecule has 1 aliphatic rings. The number of para-hydroxylation sites is 2. The van der Waals surface area contributed by atoms with Crippen molar-refractivity contribution < 1.29 is 14.3 Å².